The summed E-state index contributed by atoms with van der Waals surface area (Å²) in [6, 6.07) is 4.43. The van der Waals surface area contributed by atoms with E-state index in [0.717, 1.165) is 43.7 Å². The molecule has 0 aromatic heterocycles. The first kappa shape index (κ1) is 15.8. The molecule has 0 N–H and O–H groups in total. The van der Waals surface area contributed by atoms with Gasteiger partial charge in [0.15, 0.2) is 0 Å². The van der Waals surface area contributed by atoms with Gasteiger partial charge in [0.25, 0.3) is 0 Å². The number of rotatable bonds is 4. The molecule has 0 atom stereocenters. The fourth-order valence-corrected chi connectivity index (χ4v) is 4.28. The van der Waals surface area contributed by atoms with Crippen LogP contribution in [-0.4, -0.2) is 54.5 Å². The molecule has 1 aromatic rings. The molecule has 3 rings (SSSR count). The third kappa shape index (κ3) is 4.01. The number of fused-ring (bicyclic) bond motifs is 1. The van der Waals surface area contributed by atoms with Crippen LogP contribution in [0.25, 0.3) is 0 Å². The van der Waals surface area contributed by atoms with Crippen LogP contribution in [-0.2, 0) is 13.0 Å². The molecule has 0 spiro atoms. The first-order chi connectivity index (χ1) is 10.3. The van der Waals surface area contributed by atoms with Gasteiger partial charge >= 0.3 is 0 Å². The van der Waals surface area contributed by atoms with Crippen LogP contribution in [0, 0.1) is 0 Å². The zero-order valence-electron chi connectivity index (χ0n) is 12.3. The normalized spacial score (nSPS) is 20.1. The predicted octanol–water partition coefficient (Wildman–Crippen LogP) is 3.29. The lowest BCUT2D eigenvalue weighted by Gasteiger charge is -2.22. The Balaban J connectivity index is 1.67. The highest BCUT2D eigenvalue weighted by Gasteiger charge is 2.20. The monoisotopic (exact) mass is 416 g/mol. The fraction of sp³-hybridized carbons (Fsp3) is 0.625. The summed E-state index contributed by atoms with van der Waals surface area (Å²) < 4.78 is 7.03. The molecule has 2 aliphatic rings. The molecule has 5 heteroatoms. The van der Waals surface area contributed by atoms with Crippen LogP contribution in [0.4, 0.5) is 0 Å². The van der Waals surface area contributed by atoms with Gasteiger partial charge in [0.2, 0.25) is 0 Å². The highest BCUT2D eigenvalue weighted by Crippen LogP contribution is 2.33. The number of alkyl halides is 1. The Hall–Kier alpha value is -0.100. The largest absolute Gasteiger partial charge is 0.493 e. The van der Waals surface area contributed by atoms with Gasteiger partial charge in [-0.05, 0) is 37.2 Å². The molecule has 21 heavy (non-hydrogen) atoms. The van der Waals surface area contributed by atoms with E-state index in [-0.39, 0.29) is 0 Å². The average Bonchev–Trinajstić information content (AvgIpc) is 2.81. The Morgan fingerprint density at radius 1 is 1.10 bits per heavy atom. The third-order valence-corrected chi connectivity index (χ3v) is 5.11. The molecule has 0 aliphatic carbocycles. The molecule has 1 fully saturated rings. The van der Waals surface area contributed by atoms with Crippen molar-refractivity contribution in [1.29, 1.82) is 0 Å². The summed E-state index contributed by atoms with van der Waals surface area (Å²) in [6.45, 7) is 7.71. The van der Waals surface area contributed by atoms with Crippen molar-refractivity contribution in [3.05, 3.63) is 27.7 Å². The third-order valence-electron chi connectivity index (χ3n) is 4.30. The molecule has 2 aliphatic heterocycles. The lowest BCUT2D eigenvalue weighted by molar-refractivity contribution is 0.254. The smallest absolute Gasteiger partial charge is 0.127 e. The van der Waals surface area contributed by atoms with Crippen molar-refractivity contribution < 1.29 is 4.74 Å². The molecule has 0 radical (unpaired) electrons. The van der Waals surface area contributed by atoms with E-state index in [1.54, 1.807) is 0 Å². The van der Waals surface area contributed by atoms with E-state index in [1.807, 2.05) is 0 Å². The van der Waals surface area contributed by atoms with Crippen LogP contribution in [0.3, 0.4) is 0 Å². The summed E-state index contributed by atoms with van der Waals surface area (Å²) in [5.74, 6) is 1.14. The number of ether oxygens (including phenoxy) is 1. The van der Waals surface area contributed by atoms with E-state index >= 15 is 0 Å². The van der Waals surface area contributed by atoms with Gasteiger partial charge < -0.3 is 9.64 Å². The van der Waals surface area contributed by atoms with Crippen molar-refractivity contribution in [1.82, 2.24) is 9.80 Å². The maximum Gasteiger partial charge on any atom is 0.127 e. The van der Waals surface area contributed by atoms with Gasteiger partial charge in [-0.15, -0.1) is 0 Å². The van der Waals surface area contributed by atoms with Crippen LogP contribution >= 0.6 is 31.9 Å². The van der Waals surface area contributed by atoms with Crippen LogP contribution in [0.2, 0.25) is 0 Å². The highest BCUT2D eigenvalue weighted by molar-refractivity contribution is 9.10. The van der Waals surface area contributed by atoms with Crippen LogP contribution < -0.4 is 4.74 Å². The summed E-state index contributed by atoms with van der Waals surface area (Å²) in [5, 5.41) is 1.07. The summed E-state index contributed by atoms with van der Waals surface area (Å²) in [7, 11) is 0. The van der Waals surface area contributed by atoms with E-state index in [0.29, 0.717) is 0 Å². The quantitative estimate of drug-likeness (QED) is 0.699. The molecule has 1 aromatic carbocycles. The minimum absolute atomic E-state index is 0.831. The Morgan fingerprint density at radius 2 is 1.90 bits per heavy atom. The molecule has 1 saturated heterocycles. The van der Waals surface area contributed by atoms with Crippen molar-refractivity contribution in [3.8, 4) is 5.75 Å². The molecule has 2 heterocycles. The zero-order chi connectivity index (χ0) is 14.7. The molecule has 116 valence electrons. The Bertz CT molecular complexity index is 495. The second kappa shape index (κ2) is 7.44. The van der Waals surface area contributed by atoms with Crippen molar-refractivity contribution in [3.63, 3.8) is 0 Å². The Kier molecular flexibility index (Phi) is 5.60. The highest BCUT2D eigenvalue weighted by atomic mass is 79.9. The van der Waals surface area contributed by atoms with E-state index in [1.165, 1.54) is 41.7 Å². The first-order valence-corrected chi connectivity index (χ1v) is 9.62. The van der Waals surface area contributed by atoms with Crippen molar-refractivity contribution >= 4 is 31.9 Å². The number of nitrogens with zero attached hydrogens (tertiary/aromatic N) is 2. The molecule has 0 bridgehead atoms. The van der Waals surface area contributed by atoms with Gasteiger partial charge in [0.1, 0.15) is 5.75 Å². The van der Waals surface area contributed by atoms with Gasteiger partial charge in [0, 0.05) is 48.0 Å². The van der Waals surface area contributed by atoms with Crippen molar-refractivity contribution in [2.45, 2.75) is 19.4 Å². The second-order valence-electron chi connectivity index (χ2n) is 5.81. The van der Waals surface area contributed by atoms with E-state index < -0.39 is 0 Å². The number of hydrogen-bond donors (Lipinski definition) is 0. The SMILES string of the molecule is BrCCN1CCCN(Cc2cc(Br)cc3c2OCC3)CC1. The average molecular weight is 418 g/mol. The molecule has 0 saturated carbocycles. The maximum absolute atomic E-state index is 5.85. The molecule has 0 unspecified atom stereocenters. The van der Waals surface area contributed by atoms with Gasteiger partial charge in [-0.3, -0.25) is 4.90 Å². The number of hydrogen-bond acceptors (Lipinski definition) is 3. The zero-order valence-corrected chi connectivity index (χ0v) is 15.5. The molecule has 0 amide bonds. The fourth-order valence-electron chi connectivity index (χ4n) is 3.23. The van der Waals surface area contributed by atoms with Crippen LogP contribution in [0.5, 0.6) is 5.75 Å². The van der Waals surface area contributed by atoms with E-state index in [4.69, 9.17) is 4.74 Å². The lowest BCUT2D eigenvalue weighted by atomic mass is 10.1. The maximum atomic E-state index is 5.85. The Labute approximate surface area is 143 Å². The summed E-state index contributed by atoms with van der Waals surface area (Å²) >= 11 is 7.18. The minimum atomic E-state index is 0.831. The van der Waals surface area contributed by atoms with E-state index in [9.17, 15) is 0 Å². The van der Waals surface area contributed by atoms with Gasteiger partial charge in [0.05, 0.1) is 6.61 Å². The number of halogens is 2. The van der Waals surface area contributed by atoms with Crippen LogP contribution in [0.15, 0.2) is 16.6 Å². The molecule has 3 nitrogen and oxygen atoms in total. The van der Waals surface area contributed by atoms with Gasteiger partial charge in [-0.1, -0.05) is 31.9 Å². The standard InChI is InChI=1S/C16H22Br2N2O/c17-3-6-19-4-1-5-20(8-7-19)12-14-11-15(18)10-13-2-9-21-16(13)14/h10-11H,1-9,12H2. The summed E-state index contributed by atoms with van der Waals surface area (Å²) in [4.78, 5) is 5.12. The first-order valence-electron chi connectivity index (χ1n) is 7.71. The predicted molar refractivity (Wildman–Crippen MR) is 93.5 cm³/mol. The summed E-state index contributed by atoms with van der Waals surface area (Å²) in [5.41, 5.74) is 2.70. The topological polar surface area (TPSA) is 15.7 Å². The molecular formula is C16H22Br2N2O. The number of benzene rings is 1. The second-order valence-corrected chi connectivity index (χ2v) is 7.52. The van der Waals surface area contributed by atoms with Gasteiger partial charge in [-0.2, -0.15) is 0 Å². The van der Waals surface area contributed by atoms with Crippen molar-refractivity contribution in [2.24, 2.45) is 0 Å². The van der Waals surface area contributed by atoms with E-state index in [2.05, 4.69) is 53.8 Å². The lowest BCUT2D eigenvalue weighted by Crippen LogP contribution is -2.31. The summed E-state index contributed by atoms with van der Waals surface area (Å²) in [6.07, 6.45) is 2.30. The Morgan fingerprint density at radius 3 is 2.76 bits per heavy atom. The minimum Gasteiger partial charge on any atom is -0.493 e. The van der Waals surface area contributed by atoms with Crippen LogP contribution in [0.1, 0.15) is 17.5 Å². The van der Waals surface area contributed by atoms with Gasteiger partial charge in [-0.25, -0.2) is 0 Å². The molecular weight excluding hydrogens is 396 g/mol. The van der Waals surface area contributed by atoms with Crippen molar-refractivity contribution in [2.75, 3.05) is 44.7 Å².